The topological polar surface area (TPSA) is 52.6 Å². The third kappa shape index (κ3) is 1.81. The molecule has 0 aromatic heterocycles. The lowest BCUT2D eigenvalue weighted by molar-refractivity contribution is -0.165. The van der Waals surface area contributed by atoms with Crippen LogP contribution in [-0.2, 0) is 19.1 Å². The highest BCUT2D eigenvalue weighted by Gasteiger charge is 2.73. The van der Waals surface area contributed by atoms with E-state index in [-0.39, 0.29) is 11.9 Å². The van der Waals surface area contributed by atoms with E-state index in [9.17, 15) is 9.59 Å². The van der Waals surface area contributed by atoms with Crippen molar-refractivity contribution in [1.82, 2.24) is 0 Å². The molecule has 2 aliphatic rings. The van der Waals surface area contributed by atoms with E-state index in [1.165, 1.54) is 13.8 Å². The molecule has 2 rings (SSSR count). The van der Waals surface area contributed by atoms with Gasteiger partial charge in [-0.3, -0.25) is 9.59 Å². The summed E-state index contributed by atoms with van der Waals surface area (Å²) in [4.78, 5) is 22.2. The zero-order chi connectivity index (χ0) is 11.8. The molecule has 0 saturated heterocycles. The molecule has 0 aromatic rings. The molecule has 0 amide bonds. The number of rotatable bonds is 2. The lowest BCUT2D eigenvalue weighted by Gasteiger charge is -2.23. The van der Waals surface area contributed by atoms with E-state index in [0.29, 0.717) is 6.42 Å². The molecule has 0 heterocycles. The summed E-state index contributed by atoms with van der Waals surface area (Å²) in [5.41, 5.74) is -1.03. The van der Waals surface area contributed by atoms with Crippen molar-refractivity contribution in [3.63, 3.8) is 0 Å². The molecule has 90 valence electrons. The summed E-state index contributed by atoms with van der Waals surface area (Å²) in [6.45, 7) is 2.83. The summed E-state index contributed by atoms with van der Waals surface area (Å²) in [7, 11) is 0. The number of hydrogen-bond acceptors (Lipinski definition) is 4. The molecular weight excluding hydrogens is 208 g/mol. The number of hydrogen-bond donors (Lipinski definition) is 0. The van der Waals surface area contributed by atoms with Crippen molar-refractivity contribution in [3.05, 3.63) is 0 Å². The van der Waals surface area contributed by atoms with Crippen LogP contribution < -0.4 is 0 Å². The summed E-state index contributed by atoms with van der Waals surface area (Å²) in [6.07, 6.45) is 5.51. The minimum absolute atomic E-state index is 0.282. The van der Waals surface area contributed by atoms with Gasteiger partial charge < -0.3 is 9.47 Å². The maximum atomic E-state index is 11.1. The van der Waals surface area contributed by atoms with E-state index in [1.54, 1.807) is 0 Å². The molecule has 2 atom stereocenters. The van der Waals surface area contributed by atoms with Gasteiger partial charge >= 0.3 is 11.9 Å². The predicted octanol–water partition coefficient (Wildman–Crippen LogP) is 1.96. The van der Waals surface area contributed by atoms with Crippen LogP contribution in [0.1, 0.15) is 52.4 Å². The van der Waals surface area contributed by atoms with Gasteiger partial charge in [-0.25, -0.2) is 0 Å². The Labute approximate surface area is 95.3 Å². The molecule has 2 fully saturated rings. The smallest absolute Gasteiger partial charge is 0.303 e. The van der Waals surface area contributed by atoms with Crippen LogP contribution in [-0.4, -0.2) is 23.1 Å². The van der Waals surface area contributed by atoms with Gasteiger partial charge in [0.05, 0.1) is 0 Å². The highest BCUT2D eigenvalue weighted by Crippen LogP contribution is 2.61. The highest BCUT2D eigenvalue weighted by molar-refractivity contribution is 5.69. The molecule has 0 aliphatic heterocycles. The molecule has 0 unspecified atom stereocenters. The second-order valence-electron chi connectivity index (χ2n) is 4.91. The fourth-order valence-corrected chi connectivity index (χ4v) is 2.96. The Hall–Kier alpha value is -1.06. The maximum absolute atomic E-state index is 11.1. The summed E-state index contributed by atoms with van der Waals surface area (Å²) >= 11 is 0. The largest absolute Gasteiger partial charge is 0.455 e. The third-order valence-corrected chi connectivity index (χ3v) is 3.62. The molecular formula is C12H18O4. The molecule has 4 heteroatoms. The molecule has 2 saturated carbocycles. The van der Waals surface area contributed by atoms with Crippen molar-refractivity contribution < 1.29 is 19.1 Å². The van der Waals surface area contributed by atoms with Gasteiger partial charge in [-0.05, 0) is 25.7 Å². The molecule has 0 aromatic carbocycles. The Bertz CT molecular complexity index is 295. The second-order valence-corrected chi connectivity index (χ2v) is 4.91. The second kappa shape index (κ2) is 3.75. The highest BCUT2D eigenvalue weighted by atomic mass is 16.6. The molecule has 2 aliphatic carbocycles. The summed E-state index contributed by atoms with van der Waals surface area (Å²) in [5.74, 6) is -0.563. The van der Waals surface area contributed by atoms with Gasteiger partial charge in [-0.15, -0.1) is 0 Å². The van der Waals surface area contributed by atoms with Gasteiger partial charge in [0, 0.05) is 20.3 Å². The fraction of sp³-hybridized carbons (Fsp3) is 0.833. The van der Waals surface area contributed by atoms with Crippen LogP contribution in [0, 0.1) is 0 Å². The molecule has 0 N–H and O–H groups in total. The summed E-state index contributed by atoms with van der Waals surface area (Å²) in [5, 5.41) is 0. The number of carbonyl (C=O) groups is 2. The van der Waals surface area contributed by atoms with Crippen molar-refractivity contribution in [3.8, 4) is 0 Å². The van der Waals surface area contributed by atoms with E-state index in [0.717, 1.165) is 32.1 Å². The minimum atomic E-state index is -0.513. The van der Waals surface area contributed by atoms with E-state index in [1.807, 2.05) is 0 Å². The average molecular weight is 226 g/mol. The zero-order valence-electron chi connectivity index (χ0n) is 9.88. The molecule has 0 spiro atoms. The Balaban J connectivity index is 2.15. The van der Waals surface area contributed by atoms with E-state index in [4.69, 9.17) is 9.47 Å². The van der Waals surface area contributed by atoms with Crippen LogP contribution in [0.25, 0.3) is 0 Å². The van der Waals surface area contributed by atoms with E-state index in [2.05, 4.69) is 0 Å². The van der Waals surface area contributed by atoms with Crippen LogP contribution >= 0.6 is 0 Å². The first-order valence-corrected chi connectivity index (χ1v) is 5.89. The SMILES string of the molecule is CC(=O)O[C@@]12CCCCC[C@]1(OC(C)=O)C2. The summed E-state index contributed by atoms with van der Waals surface area (Å²) < 4.78 is 10.8. The summed E-state index contributed by atoms with van der Waals surface area (Å²) in [6, 6.07) is 0. The van der Waals surface area contributed by atoms with Crippen LogP contribution in [0.2, 0.25) is 0 Å². The first kappa shape index (κ1) is 11.4. The van der Waals surface area contributed by atoms with Gasteiger partial charge in [-0.1, -0.05) is 6.42 Å². The van der Waals surface area contributed by atoms with Crippen molar-refractivity contribution in [2.75, 3.05) is 0 Å². The van der Waals surface area contributed by atoms with Crippen LogP contribution in [0.3, 0.4) is 0 Å². The minimum Gasteiger partial charge on any atom is -0.455 e. The van der Waals surface area contributed by atoms with Crippen molar-refractivity contribution in [2.45, 2.75) is 63.6 Å². The van der Waals surface area contributed by atoms with Crippen LogP contribution in [0.15, 0.2) is 0 Å². The fourth-order valence-electron chi connectivity index (χ4n) is 2.96. The van der Waals surface area contributed by atoms with Gasteiger partial charge in [0.2, 0.25) is 0 Å². The Morgan fingerprint density at radius 3 is 1.69 bits per heavy atom. The van der Waals surface area contributed by atoms with Crippen molar-refractivity contribution in [1.29, 1.82) is 0 Å². The lowest BCUT2D eigenvalue weighted by Crippen LogP contribution is -2.33. The quantitative estimate of drug-likeness (QED) is 0.675. The maximum Gasteiger partial charge on any atom is 0.303 e. The van der Waals surface area contributed by atoms with Crippen LogP contribution in [0.5, 0.6) is 0 Å². The first-order valence-electron chi connectivity index (χ1n) is 5.89. The van der Waals surface area contributed by atoms with E-state index >= 15 is 0 Å². The van der Waals surface area contributed by atoms with Crippen molar-refractivity contribution in [2.24, 2.45) is 0 Å². The number of fused-ring (bicyclic) bond motifs is 1. The number of esters is 2. The Morgan fingerprint density at radius 1 is 0.875 bits per heavy atom. The van der Waals surface area contributed by atoms with Gasteiger partial charge in [0.25, 0.3) is 0 Å². The zero-order valence-corrected chi connectivity index (χ0v) is 9.88. The lowest BCUT2D eigenvalue weighted by atomic mass is 10.1. The number of ether oxygens (including phenoxy) is 2. The van der Waals surface area contributed by atoms with Gasteiger partial charge in [0.15, 0.2) is 11.2 Å². The number of carbonyl (C=O) groups excluding carboxylic acids is 2. The molecule has 16 heavy (non-hydrogen) atoms. The molecule has 0 radical (unpaired) electrons. The van der Waals surface area contributed by atoms with Crippen molar-refractivity contribution >= 4 is 11.9 Å². The molecule has 0 bridgehead atoms. The van der Waals surface area contributed by atoms with Gasteiger partial charge in [-0.2, -0.15) is 0 Å². The average Bonchev–Trinajstić information content (AvgIpc) is 2.70. The van der Waals surface area contributed by atoms with Gasteiger partial charge in [0.1, 0.15) is 0 Å². The Kier molecular flexibility index (Phi) is 2.68. The Morgan fingerprint density at radius 2 is 1.31 bits per heavy atom. The normalized spacial score (nSPS) is 36.9. The standard InChI is InChI=1S/C12H18O4/c1-9(13)15-11-6-4-3-5-7-12(11,8-11)16-10(2)14/h3-8H2,1-2H3/t11-,12+. The third-order valence-electron chi connectivity index (χ3n) is 3.62. The van der Waals surface area contributed by atoms with Crippen LogP contribution in [0.4, 0.5) is 0 Å². The molecule has 4 nitrogen and oxygen atoms in total. The van der Waals surface area contributed by atoms with E-state index < -0.39 is 11.2 Å². The first-order chi connectivity index (χ1) is 7.50. The predicted molar refractivity (Wildman–Crippen MR) is 56.7 cm³/mol. The monoisotopic (exact) mass is 226 g/mol.